The third-order valence-electron chi connectivity index (χ3n) is 15.2. The topological polar surface area (TPSA) is 105 Å². The first kappa shape index (κ1) is 63.8. The van der Waals surface area contributed by atoms with E-state index in [1.807, 2.05) is 91.0 Å². The summed E-state index contributed by atoms with van der Waals surface area (Å²) in [4.78, 5) is 26.7. The van der Waals surface area contributed by atoms with Crippen LogP contribution >= 0.6 is 0 Å². The molecule has 7 nitrogen and oxygen atoms in total. The Labute approximate surface area is 447 Å². The molecule has 1 amide bonds. The molecular weight excluding hydrogens is 903 g/mol. The highest BCUT2D eigenvalue weighted by Crippen LogP contribution is 2.41. The number of carbonyl (C=O) groups is 2. The molecule has 0 radical (unpaired) electrons. The molecule has 0 heterocycles. The van der Waals surface area contributed by atoms with E-state index in [4.69, 9.17) is 9.47 Å². The number of aliphatic hydroxyl groups is 2. The minimum absolute atomic E-state index is 0.118. The second-order valence-corrected chi connectivity index (χ2v) is 21.6. The number of hydrogen-bond donors (Lipinski definition) is 3. The third-order valence-corrected chi connectivity index (χ3v) is 15.2. The summed E-state index contributed by atoms with van der Waals surface area (Å²) in [5.74, 6) is -1.00. The highest BCUT2D eigenvalue weighted by Gasteiger charge is 2.40. The second kappa shape index (κ2) is 42.7. The van der Waals surface area contributed by atoms with Crippen LogP contribution in [0, 0.1) is 0 Å². The van der Waals surface area contributed by atoms with E-state index in [0.29, 0.717) is 12.8 Å². The van der Waals surface area contributed by atoms with Crippen LogP contribution in [-0.4, -0.2) is 53.1 Å². The van der Waals surface area contributed by atoms with Crippen LogP contribution in [0.15, 0.2) is 91.0 Å². The number of benzene rings is 3. The zero-order valence-corrected chi connectivity index (χ0v) is 46.9. The molecule has 0 fully saturated rings. The molecule has 0 unspecified atom stereocenters. The zero-order chi connectivity index (χ0) is 52.3. The van der Waals surface area contributed by atoms with Gasteiger partial charge in [-0.1, -0.05) is 323 Å². The summed E-state index contributed by atoms with van der Waals surface area (Å²) >= 11 is 0. The largest absolute Gasteiger partial charge is 0.452 e. The van der Waals surface area contributed by atoms with E-state index >= 15 is 0 Å². The molecular formula is C66H107NO6. The minimum atomic E-state index is -1.33. The summed E-state index contributed by atoms with van der Waals surface area (Å²) < 4.78 is 12.8. The Balaban J connectivity index is 1.53. The van der Waals surface area contributed by atoms with Crippen LogP contribution in [0.4, 0.5) is 0 Å². The number of nitrogens with one attached hydrogen (secondary N) is 1. The van der Waals surface area contributed by atoms with Gasteiger partial charge in [0.15, 0.2) is 6.10 Å². The fourth-order valence-electron chi connectivity index (χ4n) is 10.7. The Morgan fingerprint density at radius 1 is 0.438 bits per heavy atom. The van der Waals surface area contributed by atoms with Crippen LogP contribution in [0.1, 0.15) is 275 Å². The van der Waals surface area contributed by atoms with Gasteiger partial charge in [-0.3, -0.25) is 9.59 Å². The molecule has 0 aliphatic carbocycles. The summed E-state index contributed by atoms with van der Waals surface area (Å²) in [6.45, 7) is 5.77. The fraction of sp³-hybridized carbons (Fsp3) is 0.697. The van der Waals surface area contributed by atoms with Crippen LogP contribution in [0.3, 0.4) is 0 Å². The molecule has 0 aliphatic heterocycles. The van der Waals surface area contributed by atoms with E-state index < -0.39 is 41.8 Å². The van der Waals surface area contributed by atoms with Crippen LogP contribution in [0.2, 0.25) is 0 Å². The molecule has 7 heteroatoms. The number of rotatable bonds is 48. The Morgan fingerprint density at radius 3 is 1.03 bits per heavy atom. The van der Waals surface area contributed by atoms with Crippen molar-refractivity contribution in [3.63, 3.8) is 0 Å². The van der Waals surface area contributed by atoms with Gasteiger partial charge in [0.05, 0.1) is 18.8 Å². The maximum absolute atomic E-state index is 14.2. The van der Waals surface area contributed by atoms with Gasteiger partial charge in [0.25, 0.3) is 5.91 Å². The van der Waals surface area contributed by atoms with E-state index in [-0.39, 0.29) is 6.61 Å². The fourth-order valence-corrected chi connectivity index (χ4v) is 10.7. The molecule has 0 saturated carbocycles. The highest BCUT2D eigenvalue weighted by atomic mass is 16.5. The lowest BCUT2D eigenvalue weighted by Gasteiger charge is -2.38. The van der Waals surface area contributed by atoms with E-state index in [2.05, 4.69) is 19.2 Å². The van der Waals surface area contributed by atoms with Crippen LogP contribution in [0.5, 0.6) is 0 Å². The maximum Gasteiger partial charge on any atom is 0.303 e. The molecule has 0 bridgehead atoms. The summed E-state index contributed by atoms with van der Waals surface area (Å²) in [6.07, 6.45) is 42.0. The van der Waals surface area contributed by atoms with Crippen molar-refractivity contribution in [2.45, 2.75) is 288 Å². The van der Waals surface area contributed by atoms with E-state index in [0.717, 1.165) is 61.6 Å². The van der Waals surface area contributed by atoms with Gasteiger partial charge in [0, 0.05) is 6.92 Å². The molecule has 0 aliphatic rings. The van der Waals surface area contributed by atoms with Gasteiger partial charge in [0.1, 0.15) is 11.7 Å². The van der Waals surface area contributed by atoms with Crippen molar-refractivity contribution in [1.29, 1.82) is 0 Å². The lowest BCUT2D eigenvalue weighted by atomic mass is 9.80. The first-order chi connectivity index (χ1) is 35.8. The predicted molar refractivity (Wildman–Crippen MR) is 307 cm³/mol. The summed E-state index contributed by atoms with van der Waals surface area (Å²) in [6, 6.07) is 29.0. The molecule has 412 valence electrons. The third kappa shape index (κ3) is 28.3. The minimum Gasteiger partial charge on any atom is -0.452 e. The van der Waals surface area contributed by atoms with Gasteiger partial charge >= 0.3 is 5.97 Å². The van der Waals surface area contributed by atoms with Gasteiger partial charge < -0.3 is 25.0 Å². The van der Waals surface area contributed by atoms with Gasteiger partial charge in [-0.05, 0) is 36.0 Å². The van der Waals surface area contributed by atoms with Crippen molar-refractivity contribution in [3.05, 3.63) is 108 Å². The SMILES string of the molecule is CCCCCCCCCCCCCCCCCCCCCCCC[C@@H](OC(C)=O)C(=O)N[C@@H](COC(c1ccccc1)(c1ccccc1)c1ccccc1)[C@H](O)[C@H](O)CCCCCCCCCCCCCCC. The van der Waals surface area contributed by atoms with Crippen molar-refractivity contribution in [2.75, 3.05) is 6.61 Å². The molecule has 73 heavy (non-hydrogen) atoms. The van der Waals surface area contributed by atoms with Gasteiger partial charge in [-0.15, -0.1) is 0 Å². The predicted octanol–water partition coefficient (Wildman–Crippen LogP) is 17.6. The molecule has 3 aromatic rings. The molecule has 0 saturated heterocycles. The summed E-state index contributed by atoms with van der Waals surface area (Å²) in [5.41, 5.74) is 1.57. The normalized spacial score (nSPS) is 13.4. The number of carbonyl (C=O) groups excluding carboxylic acids is 2. The maximum atomic E-state index is 14.2. The average molecular weight is 1010 g/mol. The van der Waals surface area contributed by atoms with Crippen molar-refractivity contribution in [3.8, 4) is 0 Å². The highest BCUT2D eigenvalue weighted by molar-refractivity contribution is 5.83. The first-order valence-corrected chi connectivity index (χ1v) is 30.5. The van der Waals surface area contributed by atoms with Crippen LogP contribution in [-0.2, 0) is 24.7 Å². The Hall–Kier alpha value is -3.52. The Kier molecular flexibility index (Phi) is 37.3. The average Bonchev–Trinajstić information content (AvgIpc) is 3.41. The van der Waals surface area contributed by atoms with Crippen molar-refractivity contribution < 1.29 is 29.3 Å². The number of ether oxygens (including phenoxy) is 2. The van der Waals surface area contributed by atoms with Gasteiger partial charge in [-0.25, -0.2) is 0 Å². The first-order valence-electron chi connectivity index (χ1n) is 30.5. The monoisotopic (exact) mass is 1010 g/mol. The lowest BCUT2D eigenvalue weighted by Crippen LogP contribution is -2.55. The molecule has 4 atom stereocenters. The van der Waals surface area contributed by atoms with Crippen LogP contribution < -0.4 is 5.32 Å². The van der Waals surface area contributed by atoms with Crippen LogP contribution in [0.25, 0.3) is 0 Å². The quantitative estimate of drug-likeness (QED) is 0.0296. The van der Waals surface area contributed by atoms with Crippen molar-refractivity contribution in [1.82, 2.24) is 5.32 Å². The number of unbranched alkanes of at least 4 members (excludes halogenated alkanes) is 33. The molecule has 3 aromatic carbocycles. The summed E-state index contributed by atoms with van der Waals surface area (Å²) in [7, 11) is 0. The Morgan fingerprint density at radius 2 is 0.726 bits per heavy atom. The molecule has 0 aromatic heterocycles. The van der Waals surface area contributed by atoms with Crippen molar-refractivity contribution >= 4 is 11.9 Å². The van der Waals surface area contributed by atoms with Gasteiger partial charge in [-0.2, -0.15) is 0 Å². The van der Waals surface area contributed by atoms with Gasteiger partial charge in [0.2, 0.25) is 0 Å². The second-order valence-electron chi connectivity index (χ2n) is 21.6. The number of amides is 1. The molecule has 3 N–H and O–H groups in total. The van der Waals surface area contributed by atoms with E-state index in [9.17, 15) is 19.8 Å². The van der Waals surface area contributed by atoms with Crippen molar-refractivity contribution in [2.24, 2.45) is 0 Å². The Bertz CT molecular complexity index is 1620. The molecule has 0 spiro atoms. The molecule has 3 rings (SSSR count). The summed E-state index contributed by atoms with van der Waals surface area (Å²) in [5, 5.41) is 26.6. The number of aliphatic hydroxyl groups excluding tert-OH is 2. The van der Waals surface area contributed by atoms with E-state index in [1.165, 1.54) is 187 Å². The number of hydrogen-bond acceptors (Lipinski definition) is 6. The lowest BCUT2D eigenvalue weighted by molar-refractivity contribution is -0.155. The van der Waals surface area contributed by atoms with E-state index in [1.54, 1.807) is 0 Å². The smallest absolute Gasteiger partial charge is 0.303 e. The standard InChI is InChI=1S/C66H107NO6/c1-4-6-8-10-12-14-16-18-19-20-21-22-23-24-25-26-28-30-32-34-36-47-55-63(73-57(3)68)65(71)67-61(64(70)62(69)54-46-35-33-31-29-27-17-15-13-11-9-7-5-2)56-72-66(58-48-40-37-41-49-58,59-50-42-38-43-51-59)60-52-44-39-45-53-60/h37-45,48-53,61-64,69-70H,4-36,46-47,54-56H2,1-3H3,(H,67,71)/t61-,62+,63+,64-/m0/s1. The number of esters is 1. The zero-order valence-electron chi connectivity index (χ0n) is 46.9.